The van der Waals surface area contributed by atoms with Crippen LogP contribution in [-0.4, -0.2) is 70.8 Å². The Morgan fingerprint density at radius 2 is 1.97 bits per heavy atom. The van der Waals surface area contributed by atoms with Crippen molar-refractivity contribution in [1.82, 2.24) is 19.8 Å². The van der Waals surface area contributed by atoms with E-state index in [0.717, 1.165) is 56.0 Å². The summed E-state index contributed by atoms with van der Waals surface area (Å²) in [5, 5.41) is 9.18. The van der Waals surface area contributed by atoms with Gasteiger partial charge in [-0.15, -0.1) is 0 Å². The highest BCUT2D eigenvalue weighted by Crippen LogP contribution is 2.34. The highest BCUT2D eigenvalue weighted by atomic mass is 16.6. The SMILES string of the molecule is CN1CCCC1COc1nc2c(c(N3CCCC(CC#N)C3)n1)CN(C(=O)OC(C)(C)C)C2. The summed E-state index contributed by atoms with van der Waals surface area (Å²) < 4.78 is 11.7. The lowest BCUT2D eigenvalue weighted by Gasteiger charge is -2.33. The van der Waals surface area contributed by atoms with Gasteiger partial charge in [-0.25, -0.2) is 4.79 Å². The maximum absolute atomic E-state index is 12.7. The normalized spacial score (nSPS) is 23.4. The third-order valence-electron chi connectivity index (χ3n) is 6.67. The number of carbonyl (C=O) groups excluding carboxylic acids is 1. The number of likely N-dealkylation sites (N-methyl/N-ethyl adjacent to an activating group) is 1. The van der Waals surface area contributed by atoms with E-state index >= 15 is 0 Å². The van der Waals surface area contributed by atoms with Crippen molar-refractivity contribution in [3.05, 3.63) is 11.3 Å². The molecule has 0 saturated carbocycles. The molecule has 0 aromatic carbocycles. The third kappa shape index (κ3) is 5.67. The Kier molecular flexibility index (Phi) is 6.94. The van der Waals surface area contributed by atoms with E-state index < -0.39 is 5.60 Å². The van der Waals surface area contributed by atoms with Crippen LogP contribution in [0.1, 0.15) is 64.1 Å². The number of carbonyl (C=O) groups is 1. The van der Waals surface area contributed by atoms with Crippen molar-refractivity contribution < 1.29 is 14.3 Å². The molecule has 2 unspecified atom stereocenters. The number of nitrogens with zero attached hydrogens (tertiary/aromatic N) is 6. The maximum atomic E-state index is 12.7. The molecule has 2 fully saturated rings. The minimum Gasteiger partial charge on any atom is -0.462 e. The highest BCUT2D eigenvalue weighted by molar-refractivity contribution is 5.70. The first kappa shape index (κ1) is 23.6. The summed E-state index contributed by atoms with van der Waals surface area (Å²) in [6, 6.07) is 3.06. The van der Waals surface area contributed by atoms with Crippen LogP contribution in [-0.2, 0) is 17.8 Å². The monoisotopic (exact) mass is 456 g/mol. The number of likely N-dealkylation sites (tertiary alicyclic amines) is 1. The van der Waals surface area contributed by atoms with Crippen LogP contribution in [0.15, 0.2) is 0 Å². The van der Waals surface area contributed by atoms with Crippen molar-refractivity contribution in [2.24, 2.45) is 5.92 Å². The average Bonchev–Trinajstić information content (AvgIpc) is 3.37. The van der Waals surface area contributed by atoms with E-state index in [0.29, 0.717) is 44.1 Å². The van der Waals surface area contributed by atoms with Crippen molar-refractivity contribution in [2.75, 3.05) is 38.2 Å². The molecule has 0 aliphatic carbocycles. The lowest BCUT2D eigenvalue weighted by Crippen LogP contribution is -2.37. The molecule has 3 aliphatic heterocycles. The predicted molar refractivity (Wildman–Crippen MR) is 124 cm³/mol. The van der Waals surface area contributed by atoms with E-state index in [1.807, 2.05) is 20.8 Å². The number of nitriles is 1. The van der Waals surface area contributed by atoms with Crippen molar-refractivity contribution in [2.45, 2.75) is 77.6 Å². The van der Waals surface area contributed by atoms with Gasteiger partial charge in [0.1, 0.15) is 18.0 Å². The average molecular weight is 457 g/mol. The van der Waals surface area contributed by atoms with Gasteiger partial charge in [-0.2, -0.15) is 15.2 Å². The summed E-state index contributed by atoms with van der Waals surface area (Å²) in [6.45, 7) is 9.72. The molecule has 180 valence electrons. The minimum atomic E-state index is -0.556. The topological polar surface area (TPSA) is 94.8 Å². The Bertz CT molecular complexity index is 909. The van der Waals surface area contributed by atoms with E-state index in [2.05, 4.69) is 22.9 Å². The van der Waals surface area contributed by atoms with Crippen LogP contribution in [0.2, 0.25) is 0 Å². The molecular weight excluding hydrogens is 420 g/mol. The Morgan fingerprint density at radius 1 is 1.18 bits per heavy atom. The van der Waals surface area contributed by atoms with Crippen LogP contribution in [0.3, 0.4) is 0 Å². The maximum Gasteiger partial charge on any atom is 0.410 e. The molecule has 9 heteroatoms. The van der Waals surface area contributed by atoms with E-state index in [4.69, 9.17) is 19.4 Å². The van der Waals surface area contributed by atoms with E-state index in [-0.39, 0.29) is 6.09 Å². The standard InChI is InChI=1S/C24H36N6O3/c1-24(2,3)33-23(31)30-14-19-20(15-30)26-22(32-16-18-8-6-11-28(18)4)27-21(19)29-12-5-7-17(13-29)9-10-25/h17-18H,5-9,11-16H2,1-4H3. The first-order valence-electron chi connectivity index (χ1n) is 12.1. The van der Waals surface area contributed by atoms with Gasteiger partial charge >= 0.3 is 12.1 Å². The second-order valence-corrected chi connectivity index (χ2v) is 10.5. The number of ether oxygens (including phenoxy) is 2. The first-order chi connectivity index (χ1) is 15.7. The second kappa shape index (κ2) is 9.72. The summed E-state index contributed by atoms with van der Waals surface area (Å²) in [5.41, 5.74) is 1.23. The molecule has 0 bridgehead atoms. The lowest BCUT2D eigenvalue weighted by atomic mass is 9.95. The van der Waals surface area contributed by atoms with Crippen LogP contribution in [0.4, 0.5) is 10.6 Å². The Hall–Kier alpha value is -2.60. The molecule has 4 rings (SSSR count). The van der Waals surface area contributed by atoms with Gasteiger partial charge in [-0.1, -0.05) is 0 Å². The number of hydrogen-bond donors (Lipinski definition) is 0. The van der Waals surface area contributed by atoms with E-state index in [9.17, 15) is 10.1 Å². The molecule has 9 nitrogen and oxygen atoms in total. The summed E-state index contributed by atoms with van der Waals surface area (Å²) >= 11 is 0. The number of piperidine rings is 1. The van der Waals surface area contributed by atoms with Crippen LogP contribution in [0.25, 0.3) is 0 Å². The number of anilines is 1. The van der Waals surface area contributed by atoms with Crippen molar-refractivity contribution >= 4 is 11.9 Å². The molecule has 1 amide bonds. The lowest BCUT2D eigenvalue weighted by molar-refractivity contribution is 0.0240. The largest absolute Gasteiger partial charge is 0.462 e. The zero-order valence-electron chi connectivity index (χ0n) is 20.3. The van der Waals surface area contributed by atoms with Gasteiger partial charge in [0, 0.05) is 31.1 Å². The summed E-state index contributed by atoms with van der Waals surface area (Å²) in [7, 11) is 2.12. The van der Waals surface area contributed by atoms with Crippen LogP contribution >= 0.6 is 0 Å². The Balaban J connectivity index is 1.57. The minimum absolute atomic E-state index is 0.328. The molecule has 0 radical (unpaired) electrons. The van der Waals surface area contributed by atoms with E-state index in [1.54, 1.807) is 4.90 Å². The van der Waals surface area contributed by atoms with Gasteiger partial charge < -0.3 is 19.3 Å². The number of fused-ring (bicyclic) bond motifs is 1. The van der Waals surface area contributed by atoms with Crippen molar-refractivity contribution in [3.63, 3.8) is 0 Å². The molecule has 2 atom stereocenters. The van der Waals surface area contributed by atoms with Gasteiger partial charge in [0.2, 0.25) is 0 Å². The molecule has 0 N–H and O–H groups in total. The fourth-order valence-electron chi connectivity index (χ4n) is 4.91. The highest BCUT2D eigenvalue weighted by Gasteiger charge is 2.34. The molecule has 3 aliphatic rings. The fraction of sp³-hybridized carbons (Fsp3) is 0.750. The Labute approximate surface area is 196 Å². The van der Waals surface area contributed by atoms with Crippen LogP contribution in [0, 0.1) is 17.2 Å². The smallest absolute Gasteiger partial charge is 0.410 e. The summed E-state index contributed by atoms with van der Waals surface area (Å²) in [5.74, 6) is 1.16. The fourth-order valence-corrected chi connectivity index (χ4v) is 4.91. The molecule has 33 heavy (non-hydrogen) atoms. The molecule has 0 spiro atoms. The van der Waals surface area contributed by atoms with Crippen molar-refractivity contribution in [1.29, 1.82) is 5.26 Å². The number of amides is 1. The van der Waals surface area contributed by atoms with Crippen LogP contribution < -0.4 is 9.64 Å². The van der Waals surface area contributed by atoms with Gasteiger partial charge in [0.15, 0.2) is 0 Å². The quantitative estimate of drug-likeness (QED) is 0.666. The molecule has 1 aromatic heterocycles. The summed E-state index contributed by atoms with van der Waals surface area (Å²) in [6.07, 6.45) is 4.57. The predicted octanol–water partition coefficient (Wildman–Crippen LogP) is 3.33. The molecular formula is C24H36N6O3. The Morgan fingerprint density at radius 3 is 2.67 bits per heavy atom. The molecule has 4 heterocycles. The van der Waals surface area contributed by atoms with Crippen molar-refractivity contribution in [3.8, 4) is 12.1 Å². The third-order valence-corrected chi connectivity index (χ3v) is 6.67. The van der Waals surface area contributed by atoms with Gasteiger partial charge in [-0.05, 0) is 66.0 Å². The zero-order valence-corrected chi connectivity index (χ0v) is 20.3. The van der Waals surface area contributed by atoms with Gasteiger partial charge in [0.25, 0.3) is 0 Å². The molecule has 2 saturated heterocycles. The second-order valence-electron chi connectivity index (χ2n) is 10.5. The zero-order chi connectivity index (χ0) is 23.6. The number of aromatic nitrogens is 2. The van der Waals surface area contributed by atoms with Crippen LogP contribution in [0.5, 0.6) is 6.01 Å². The van der Waals surface area contributed by atoms with E-state index in [1.165, 1.54) is 6.42 Å². The summed E-state index contributed by atoms with van der Waals surface area (Å²) in [4.78, 5) is 28.5. The van der Waals surface area contributed by atoms with Gasteiger partial charge in [0.05, 0.1) is 24.9 Å². The number of rotatable bonds is 5. The number of hydrogen-bond acceptors (Lipinski definition) is 8. The van der Waals surface area contributed by atoms with Gasteiger partial charge in [-0.3, -0.25) is 4.90 Å². The molecule has 1 aromatic rings. The first-order valence-corrected chi connectivity index (χ1v) is 12.1.